The zero-order valence-corrected chi connectivity index (χ0v) is 11.5. The van der Waals surface area contributed by atoms with E-state index in [4.69, 9.17) is 5.26 Å². The number of thiophene rings is 1. The van der Waals surface area contributed by atoms with Crippen LogP contribution in [-0.2, 0) is 5.51 Å². The second kappa shape index (κ2) is 4.90. The van der Waals surface area contributed by atoms with E-state index in [0.29, 0.717) is 10.9 Å². The fourth-order valence-corrected chi connectivity index (χ4v) is 4.29. The van der Waals surface area contributed by atoms with Crippen molar-refractivity contribution in [2.75, 3.05) is 0 Å². The van der Waals surface area contributed by atoms with Crippen LogP contribution in [0.5, 0.6) is 0 Å². The Hall–Kier alpha value is -2.32. The molecule has 0 aliphatic carbocycles. The molecule has 0 spiro atoms. The normalized spacial score (nSPS) is 12.4. The number of fused-ring (bicyclic) bond motifs is 1. The number of nitrogens with zero attached hydrogens (tertiary/aromatic N) is 1. The molecule has 5 heteroatoms. The van der Waals surface area contributed by atoms with E-state index in [0.717, 1.165) is 0 Å². The topological polar surface area (TPSA) is 23.8 Å². The third-order valence-electron chi connectivity index (χ3n) is 3.19. The van der Waals surface area contributed by atoms with E-state index in [-0.39, 0.29) is 15.1 Å². The van der Waals surface area contributed by atoms with Crippen LogP contribution in [0, 0.1) is 11.3 Å². The van der Waals surface area contributed by atoms with Crippen LogP contribution in [0.25, 0.3) is 20.5 Å². The maximum atomic E-state index is 13.5. The Bertz CT molecular complexity index is 856. The molecule has 1 aromatic heterocycles. The molecule has 0 amide bonds. The summed E-state index contributed by atoms with van der Waals surface area (Å²) in [4.78, 5) is 0.167. The van der Waals surface area contributed by atoms with E-state index in [9.17, 15) is 13.2 Å². The van der Waals surface area contributed by atoms with Gasteiger partial charge in [0, 0.05) is 11.5 Å². The quantitative estimate of drug-likeness (QED) is 0.536. The highest BCUT2D eigenvalue weighted by Gasteiger charge is 2.48. The summed E-state index contributed by atoms with van der Waals surface area (Å²) in [5, 5.41) is 9.70. The van der Waals surface area contributed by atoms with Gasteiger partial charge in [-0.3, -0.25) is 0 Å². The van der Waals surface area contributed by atoms with Crippen molar-refractivity contribution in [3.8, 4) is 16.5 Å². The minimum Gasteiger partial charge on any atom is -0.192 e. The van der Waals surface area contributed by atoms with Gasteiger partial charge in [0.05, 0.1) is 17.2 Å². The Morgan fingerprint density at radius 1 is 0.952 bits per heavy atom. The summed E-state index contributed by atoms with van der Waals surface area (Å²) >= 11 is 0. The predicted octanol–water partition coefficient (Wildman–Crippen LogP) is 5.60. The second-order valence-corrected chi connectivity index (χ2v) is 6.41. The number of alkyl halides is 3. The lowest BCUT2D eigenvalue weighted by Crippen LogP contribution is -1.97. The fraction of sp³-hybridized carbons (Fsp3) is 0.0625. The number of benzene rings is 2. The summed E-state index contributed by atoms with van der Waals surface area (Å²) in [6.07, 6.45) is 0. The molecule has 0 radical (unpaired) electrons. The number of rotatable bonds is 1. The molecule has 0 saturated carbocycles. The Morgan fingerprint density at radius 3 is 2.33 bits per heavy atom. The smallest absolute Gasteiger partial charge is 0.192 e. The second-order valence-electron chi connectivity index (χ2n) is 4.46. The van der Waals surface area contributed by atoms with E-state index in [1.807, 2.05) is 6.07 Å². The highest BCUT2D eigenvalue weighted by molar-refractivity contribution is 7.41. The summed E-state index contributed by atoms with van der Waals surface area (Å²) in [6, 6.07) is 16.4. The van der Waals surface area contributed by atoms with Gasteiger partial charge in [0.15, 0.2) is 9.58 Å². The van der Waals surface area contributed by atoms with E-state index >= 15 is 0 Å². The van der Waals surface area contributed by atoms with Gasteiger partial charge in [-0.25, -0.2) is 0 Å². The number of hydrogen-bond acceptors (Lipinski definition) is 1. The number of halogens is 3. The molecular formula is C16H9F3NS+. The maximum absolute atomic E-state index is 13.5. The van der Waals surface area contributed by atoms with Gasteiger partial charge in [0.1, 0.15) is 10.5 Å². The van der Waals surface area contributed by atoms with Crippen LogP contribution in [0.15, 0.2) is 54.6 Å². The monoisotopic (exact) mass is 304 g/mol. The van der Waals surface area contributed by atoms with Gasteiger partial charge in [-0.15, -0.1) is 13.2 Å². The van der Waals surface area contributed by atoms with Gasteiger partial charge in [0.2, 0.25) is 0 Å². The van der Waals surface area contributed by atoms with Crippen LogP contribution in [0.2, 0.25) is 0 Å². The van der Waals surface area contributed by atoms with Crippen molar-refractivity contribution in [1.29, 1.82) is 5.26 Å². The van der Waals surface area contributed by atoms with Gasteiger partial charge in [0.25, 0.3) is 0 Å². The molecule has 0 fully saturated rings. The van der Waals surface area contributed by atoms with Crippen LogP contribution >= 0.6 is 10.5 Å². The molecular weight excluding hydrogens is 295 g/mol. The van der Waals surface area contributed by atoms with Crippen molar-refractivity contribution < 1.29 is 13.2 Å². The minimum absolute atomic E-state index is 0.167. The first-order valence-electron chi connectivity index (χ1n) is 6.13. The van der Waals surface area contributed by atoms with E-state index in [2.05, 4.69) is 0 Å². The average molecular weight is 304 g/mol. The molecule has 104 valence electrons. The van der Waals surface area contributed by atoms with E-state index in [1.54, 1.807) is 42.5 Å². The zero-order chi connectivity index (χ0) is 15.0. The van der Waals surface area contributed by atoms with Crippen LogP contribution in [0.3, 0.4) is 0 Å². The molecule has 3 rings (SSSR count). The van der Waals surface area contributed by atoms with Crippen molar-refractivity contribution >= 4 is 20.6 Å². The van der Waals surface area contributed by atoms with Crippen molar-refractivity contribution in [2.24, 2.45) is 0 Å². The van der Waals surface area contributed by atoms with Crippen LogP contribution in [0.4, 0.5) is 13.2 Å². The fourth-order valence-electron chi connectivity index (χ4n) is 2.34. The highest BCUT2D eigenvalue weighted by Crippen LogP contribution is 2.54. The van der Waals surface area contributed by atoms with Gasteiger partial charge >= 0.3 is 5.51 Å². The summed E-state index contributed by atoms with van der Waals surface area (Å²) in [5.74, 6) is 0. The van der Waals surface area contributed by atoms with Gasteiger partial charge in [-0.05, 0) is 24.3 Å². The molecule has 3 aromatic rings. The Balaban J connectivity index is 2.41. The maximum Gasteiger partial charge on any atom is 0.601 e. The minimum atomic E-state index is -4.36. The first-order chi connectivity index (χ1) is 10.0. The highest BCUT2D eigenvalue weighted by atomic mass is 32.2. The van der Waals surface area contributed by atoms with Crippen LogP contribution in [0.1, 0.15) is 5.56 Å². The Kier molecular flexibility index (Phi) is 3.19. The number of nitriles is 1. The SMILES string of the molecule is N#Cc1ccccc1-c1cc2ccccc2[s+]1C(F)(F)F. The molecule has 21 heavy (non-hydrogen) atoms. The molecule has 1 nitrogen and oxygen atoms in total. The average Bonchev–Trinajstić information content (AvgIpc) is 2.86. The molecule has 1 atom stereocenters. The van der Waals surface area contributed by atoms with Gasteiger partial charge in [-0.1, -0.05) is 24.3 Å². The predicted molar refractivity (Wildman–Crippen MR) is 77.9 cm³/mol. The molecule has 0 N–H and O–H groups in total. The molecule has 0 saturated heterocycles. The number of hydrogen-bond donors (Lipinski definition) is 0. The lowest BCUT2D eigenvalue weighted by atomic mass is 10.1. The molecule has 2 aromatic carbocycles. The van der Waals surface area contributed by atoms with Crippen molar-refractivity contribution in [2.45, 2.75) is 5.51 Å². The molecule has 0 aliphatic heterocycles. The Morgan fingerprint density at radius 2 is 1.62 bits per heavy atom. The molecule has 1 unspecified atom stereocenters. The molecule has 0 bridgehead atoms. The summed E-state index contributed by atoms with van der Waals surface area (Å²) in [7, 11) is -2.01. The lowest BCUT2D eigenvalue weighted by molar-refractivity contribution is -0.0864. The standard InChI is InChI=1S/C16H9F3NS/c17-16(18,19)21-14-8-4-2-5-11(14)9-15(21)13-7-3-1-6-12(13)10-20/h1-9H/q+1. The van der Waals surface area contributed by atoms with Gasteiger partial charge < -0.3 is 0 Å². The largest absolute Gasteiger partial charge is 0.601 e. The van der Waals surface area contributed by atoms with Crippen LogP contribution in [-0.4, -0.2) is 0 Å². The first-order valence-corrected chi connectivity index (χ1v) is 7.36. The molecule has 0 aliphatic rings. The molecule has 1 heterocycles. The zero-order valence-electron chi connectivity index (χ0n) is 10.7. The third kappa shape index (κ3) is 2.28. The van der Waals surface area contributed by atoms with Crippen molar-refractivity contribution in [1.82, 2.24) is 0 Å². The van der Waals surface area contributed by atoms with Crippen molar-refractivity contribution in [3.63, 3.8) is 0 Å². The first kappa shape index (κ1) is 13.7. The lowest BCUT2D eigenvalue weighted by Gasteiger charge is -2.02. The van der Waals surface area contributed by atoms with E-state index in [1.165, 1.54) is 12.1 Å². The third-order valence-corrected chi connectivity index (χ3v) is 5.24. The van der Waals surface area contributed by atoms with Gasteiger partial charge in [-0.2, -0.15) is 5.26 Å². The van der Waals surface area contributed by atoms with Crippen molar-refractivity contribution in [3.05, 3.63) is 60.2 Å². The summed E-state index contributed by atoms with van der Waals surface area (Å²) in [5.41, 5.74) is -3.74. The Labute approximate surface area is 121 Å². The summed E-state index contributed by atoms with van der Waals surface area (Å²) in [6.45, 7) is 0. The summed E-state index contributed by atoms with van der Waals surface area (Å²) < 4.78 is 40.8. The van der Waals surface area contributed by atoms with E-state index < -0.39 is 16.0 Å². The van der Waals surface area contributed by atoms with Crippen LogP contribution < -0.4 is 0 Å².